The van der Waals surface area contributed by atoms with Gasteiger partial charge in [-0.15, -0.1) is 0 Å². The van der Waals surface area contributed by atoms with Gasteiger partial charge in [-0.1, -0.05) is 23.7 Å². The van der Waals surface area contributed by atoms with Crippen LogP contribution >= 0.6 is 11.6 Å². The predicted molar refractivity (Wildman–Crippen MR) is 92.6 cm³/mol. The van der Waals surface area contributed by atoms with Crippen LogP contribution in [0.15, 0.2) is 42.6 Å². The van der Waals surface area contributed by atoms with Gasteiger partial charge in [-0.2, -0.15) is 0 Å². The van der Waals surface area contributed by atoms with Gasteiger partial charge in [0.25, 0.3) is 0 Å². The number of benzene rings is 1. The van der Waals surface area contributed by atoms with E-state index in [-0.39, 0.29) is 0 Å². The van der Waals surface area contributed by atoms with E-state index in [1.165, 1.54) is 11.3 Å². The number of rotatable bonds is 3. The van der Waals surface area contributed by atoms with Crippen LogP contribution in [0, 0.1) is 6.92 Å². The third kappa shape index (κ3) is 3.11. The zero-order valence-corrected chi connectivity index (χ0v) is 13.9. The largest absolute Gasteiger partial charge is 0.369 e. The topological polar surface area (TPSA) is 19.4 Å². The lowest BCUT2D eigenvalue weighted by Crippen LogP contribution is -2.47. The third-order valence-corrected chi connectivity index (χ3v) is 4.97. The molecule has 116 valence electrons. The van der Waals surface area contributed by atoms with Crippen LogP contribution in [0.1, 0.15) is 24.2 Å². The molecule has 0 radical (unpaired) electrons. The van der Waals surface area contributed by atoms with E-state index in [4.69, 9.17) is 11.6 Å². The van der Waals surface area contributed by atoms with Gasteiger partial charge in [-0.25, -0.2) is 0 Å². The van der Waals surface area contributed by atoms with Crippen LogP contribution < -0.4 is 4.90 Å². The molecular formula is C18H22ClN3. The van der Waals surface area contributed by atoms with Crippen molar-refractivity contribution in [2.24, 2.45) is 0 Å². The maximum absolute atomic E-state index is 6.25. The van der Waals surface area contributed by atoms with Crippen LogP contribution in [-0.2, 0) is 0 Å². The molecule has 0 aliphatic carbocycles. The van der Waals surface area contributed by atoms with Gasteiger partial charge in [0.2, 0.25) is 0 Å². The van der Waals surface area contributed by atoms with E-state index in [0.29, 0.717) is 6.04 Å². The van der Waals surface area contributed by atoms with Crippen molar-refractivity contribution in [2.45, 2.75) is 19.9 Å². The molecule has 1 aromatic heterocycles. The van der Waals surface area contributed by atoms with Gasteiger partial charge >= 0.3 is 0 Å². The zero-order chi connectivity index (χ0) is 15.5. The van der Waals surface area contributed by atoms with Crippen LogP contribution in [0.3, 0.4) is 0 Å². The molecule has 3 nitrogen and oxygen atoms in total. The second-order valence-electron chi connectivity index (χ2n) is 5.84. The summed E-state index contributed by atoms with van der Waals surface area (Å²) in [6.07, 6.45) is 1.87. The molecule has 1 fully saturated rings. The lowest BCUT2D eigenvalue weighted by atomic mass is 10.1. The molecule has 2 aromatic rings. The molecule has 1 atom stereocenters. The summed E-state index contributed by atoms with van der Waals surface area (Å²) in [5.41, 5.74) is 3.59. The van der Waals surface area contributed by atoms with Crippen LogP contribution in [0.5, 0.6) is 0 Å². The summed E-state index contributed by atoms with van der Waals surface area (Å²) < 4.78 is 0. The van der Waals surface area contributed by atoms with Crippen molar-refractivity contribution < 1.29 is 0 Å². The molecule has 1 aromatic carbocycles. The molecule has 2 heterocycles. The van der Waals surface area contributed by atoms with Crippen molar-refractivity contribution in [3.05, 3.63) is 58.9 Å². The molecule has 0 amide bonds. The Balaban J connectivity index is 1.66. The van der Waals surface area contributed by atoms with E-state index in [2.05, 4.69) is 46.8 Å². The average Bonchev–Trinajstić information content (AvgIpc) is 2.58. The van der Waals surface area contributed by atoms with Gasteiger partial charge in [0.05, 0.1) is 5.69 Å². The molecular weight excluding hydrogens is 294 g/mol. The maximum atomic E-state index is 6.25. The van der Waals surface area contributed by atoms with Crippen LogP contribution in [0.4, 0.5) is 5.69 Å². The molecule has 4 heteroatoms. The second-order valence-corrected chi connectivity index (χ2v) is 6.24. The van der Waals surface area contributed by atoms with Crippen molar-refractivity contribution >= 4 is 17.3 Å². The van der Waals surface area contributed by atoms with Crippen molar-refractivity contribution in [3.63, 3.8) is 0 Å². The minimum absolute atomic E-state index is 0.365. The Morgan fingerprint density at radius 2 is 1.82 bits per heavy atom. The van der Waals surface area contributed by atoms with Gasteiger partial charge in [-0.05, 0) is 43.7 Å². The lowest BCUT2D eigenvalue weighted by Gasteiger charge is -2.39. The monoisotopic (exact) mass is 315 g/mol. The van der Waals surface area contributed by atoms with Crippen LogP contribution in [0.25, 0.3) is 0 Å². The van der Waals surface area contributed by atoms with Crippen molar-refractivity contribution in [2.75, 3.05) is 31.1 Å². The summed E-state index contributed by atoms with van der Waals surface area (Å²) in [7, 11) is 0. The fourth-order valence-electron chi connectivity index (χ4n) is 3.10. The number of pyridine rings is 1. The first kappa shape index (κ1) is 15.3. The Morgan fingerprint density at radius 1 is 1.05 bits per heavy atom. The van der Waals surface area contributed by atoms with E-state index in [1.807, 2.05) is 24.4 Å². The number of halogens is 1. The summed E-state index contributed by atoms with van der Waals surface area (Å²) in [5.74, 6) is 0. The Morgan fingerprint density at radius 3 is 2.50 bits per heavy atom. The first-order chi connectivity index (χ1) is 10.7. The van der Waals surface area contributed by atoms with Gasteiger partial charge in [0.1, 0.15) is 0 Å². The molecule has 1 unspecified atom stereocenters. The molecule has 1 aliphatic rings. The molecule has 3 rings (SSSR count). The van der Waals surface area contributed by atoms with Gasteiger partial charge in [0, 0.05) is 49.1 Å². The molecule has 1 aliphatic heterocycles. The highest BCUT2D eigenvalue weighted by atomic mass is 35.5. The maximum Gasteiger partial charge on any atom is 0.0572 e. The fraction of sp³-hybridized carbons (Fsp3) is 0.389. The molecule has 0 N–H and O–H groups in total. The highest BCUT2D eigenvalue weighted by molar-refractivity contribution is 6.31. The summed E-state index contributed by atoms with van der Waals surface area (Å²) in [5, 5.41) is 0.849. The number of hydrogen-bond acceptors (Lipinski definition) is 3. The highest BCUT2D eigenvalue weighted by Gasteiger charge is 2.23. The lowest BCUT2D eigenvalue weighted by molar-refractivity contribution is 0.195. The normalized spacial score (nSPS) is 17.5. The summed E-state index contributed by atoms with van der Waals surface area (Å²) in [6, 6.07) is 12.7. The summed E-state index contributed by atoms with van der Waals surface area (Å²) >= 11 is 6.25. The van der Waals surface area contributed by atoms with E-state index >= 15 is 0 Å². The minimum atomic E-state index is 0.365. The Hall–Kier alpha value is -1.58. The van der Waals surface area contributed by atoms with E-state index < -0.39 is 0 Å². The zero-order valence-electron chi connectivity index (χ0n) is 13.2. The fourth-order valence-corrected chi connectivity index (χ4v) is 3.27. The van der Waals surface area contributed by atoms with Crippen molar-refractivity contribution in [1.82, 2.24) is 9.88 Å². The number of piperazine rings is 1. The number of aromatic nitrogens is 1. The van der Waals surface area contributed by atoms with Crippen molar-refractivity contribution in [3.8, 4) is 0 Å². The molecule has 0 saturated carbocycles. The first-order valence-electron chi connectivity index (χ1n) is 7.82. The predicted octanol–water partition coefficient (Wildman–Crippen LogP) is 3.93. The van der Waals surface area contributed by atoms with Gasteiger partial charge < -0.3 is 4.90 Å². The quantitative estimate of drug-likeness (QED) is 0.855. The molecule has 1 saturated heterocycles. The smallest absolute Gasteiger partial charge is 0.0572 e. The van der Waals surface area contributed by atoms with E-state index in [9.17, 15) is 0 Å². The number of nitrogens with zero attached hydrogens (tertiary/aromatic N) is 3. The van der Waals surface area contributed by atoms with Gasteiger partial charge in [-0.3, -0.25) is 9.88 Å². The SMILES string of the molecule is Cc1c(Cl)cccc1N1CCN(C(C)c2ccccn2)CC1. The van der Waals surface area contributed by atoms with Crippen molar-refractivity contribution in [1.29, 1.82) is 0 Å². The van der Waals surface area contributed by atoms with Gasteiger partial charge in [0.15, 0.2) is 0 Å². The number of hydrogen-bond donors (Lipinski definition) is 0. The van der Waals surface area contributed by atoms with E-state index in [1.54, 1.807) is 0 Å². The Bertz CT molecular complexity index is 621. The summed E-state index contributed by atoms with van der Waals surface area (Å²) in [4.78, 5) is 9.42. The second kappa shape index (κ2) is 6.67. The Labute approximate surface area is 137 Å². The molecule has 22 heavy (non-hydrogen) atoms. The standard InChI is InChI=1S/C18H22ClN3/c1-14-16(19)6-5-8-18(14)22-12-10-21(11-13-22)15(2)17-7-3-4-9-20-17/h3-9,15H,10-13H2,1-2H3. The number of anilines is 1. The Kier molecular flexibility index (Phi) is 4.65. The van der Waals surface area contributed by atoms with E-state index in [0.717, 1.165) is 36.9 Å². The highest BCUT2D eigenvalue weighted by Crippen LogP contribution is 2.28. The third-order valence-electron chi connectivity index (χ3n) is 4.56. The molecule has 0 bridgehead atoms. The first-order valence-corrected chi connectivity index (χ1v) is 8.19. The average molecular weight is 316 g/mol. The van der Waals surface area contributed by atoms with Crippen LogP contribution in [0.2, 0.25) is 5.02 Å². The van der Waals surface area contributed by atoms with Crippen LogP contribution in [-0.4, -0.2) is 36.1 Å². The minimum Gasteiger partial charge on any atom is -0.369 e. The molecule has 0 spiro atoms. The summed E-state index contributed by atoms with van der Waals surface area (Å²) in [6.45, 7) is 8.48.